The SMILES string of the molecule is COc1ccc(Br)c(Nc2nc(N)ccc2[N+](=O)[O-])c1. The van der Waals surface area contributed by atoms with Gasteiger partial charge in [0.25, 0.3) is 0 Å². The predicted octanol–water partition coefficient (Wildman–Crippen LogP) is 3.09. The molecule has 0 bridgehead atoms. The first-order valence-electron chi connectivity index (χ1n) is 5.52. The van der Waals surface area contributed by atoms with Crippen molar-refractivity contribution in [3.05, 3.63) is 44.9 Å². The van der Waals surface area contributed by atoms with Crippen molar-refractivity contribution in [1.29, 1.82) is 0 Å². The quantitative estimate of drug-likeness (QED) is 0.655. The number of rotatable bonds is 4. The molecule has 1 heterocycles. The summed E-state index contributed by atoms with van der Waals surface area (Å²) in [5.41, 5.74) is 6.00. The lowest BCUT2D eigenvalue weighted by Gasteiger charge is -2.10. The number of nitrogens with one attached hydrogen (secondary N) is 1. The molecule has 0 radical (unpaired) electrons. The van der Waals surface area contributed by atoms with E-state index in [2.05, 4.69) is 26.2 Å². The van der Waals surface area contributed by atoms with Crippen molar-refractivity contribution in [2.24, 2.45) is 0 Å². The highest BCUT2D eigenvalue weighted by Gasteiger charge is 2.16. The van der Waals surface area contributed by atoms with E-state index in [-0.39, 0.29) is 17.3 Å². The van der Waals surface area contributed by atoms with Gasteiger partial charge in [0.2, 0.25) is 5.82 Å². The highest BCUT2D eigenvalue weighted by atomic mass is 79.9. The van der Waals surface area contributed by atoms with Crippen LogP contribution in [0.4, 0.5) is 23.0 Å². The Morgan fingerprint density at radius 2 is 2.15 bits per heavy atom. The lowest BCUT2D eigenvalue weighted by atomic mass is 10.3. The Hall–Kier alpha value is -2.35. The molecular formula is C12H11BrN4O3. The van der Waals surface area contributed by atoms with Crippen LogP contribution in [-0.2, 0) is 0 Å². The topological polar surface area (TPSA) is 103 Å². The monoisotopic (exact) mass is 338 g/mol. The summed E-state index contributed by atoms with van der Waals surface area (Å²) in [6.45, 7) is 0. The van der Waals surface area contributed by atoms with Crippen molar-refractivity contribution >= 4 is 38.9 Å². The van der Waals surface area contributed by atoms with Gasteiger partial charge in [-0.15, -0.1) is 0 Å². The average Bonchev–Trinajstić information content (AvgIpc) is 2.41. The molecule has 2 aromatic rings. The number of methoxy groups -OCH3 is 1. The number of pyridine rings is 1. The smallest absolute Gasteiger partial charge is 0.311 e. The third-order valence-corrected chi connectivity index (χ3v) is 3.21. The van der Waals surface area contributed by atoms with E-state index in [1.54, 1.807) is 18.2 Å². The number of halogens is 1. The van der Waals surface area contributed by atoms with Gasteiger partial charge in [-0.3, -0.25) is 10.1 Å². The van der Waals surface area contributed by atoms with Crippen molar-refractivity contribution < 1.29 is 9.66 Å². The number of nitro groups is 1. The number of aromatic nitrogens is 1. The maximum Gasteiger partial charge on any atom is 0.311 e. The van der Waals surface area contributed by atoms with E-state index in [1.165, 1.54) is 19.2 Å². The summed E-state index contributed by atoms with van der Waals surface area (Å²) < 4.78 is 5.83. The normalized spacial score (nSPS) is 10.1. The van der Waals surface area contributed by atoms with Gasteiger partial charge in [0, 0.05) is 16.6 Å². The standard InChI is InChI=1S/C12H11BrN4O3/c1-20-7-2-3-8(13)9(6-7)15-12-10(17(18)19)4-5-11(14)16-12/h2-6H,1H3,(H3,14,15,16). The Labute approximate surface area is 123 Å². The molecule has 0 aliphatic rings. The first kappa shape index (κ1) is 14.1. The van der Waals surface area contributed by atoms with Crippen LogP contribution in [0.2, 0.25) is 0 Å². The van der Waals surface area contributed by atoms with Gasteiger partial charge in [0.15, 0.2) is 0 Å². The number of nitrogens with zero attached hydrogens (tertiary/aromatic N) is 2. The Kier molecular flexibility index (Phi) is 4.04. The van der Waals surface area contributed by atoms with Crippen LogP contribution in [0.25, 0.3) is 0 Å². The average molecular weight is 339 g/mol. The third kappa shape index (κ3) is 2.97. The zero-order valence-corrected chi connectivity index (χ0v) is 12.0. The van der Waals surface area contributed by atoms with E-state index < -0.39 is 4.92 Å². The number of anilines is 3. The summed E-state index contributed by atoms with van der Waals surface area (Å²) >= 11 is 3.35. The Balaban J connectivity index is 2.43. The molecule has 0 unspecified atom stereocenters. The van der Waals surface area contributed by atoms with E-state index in [9.17, 15) is 10.1 Å². The lowest BCUT2D eigenvalue weighted by Crippen LogP contribution is -2.02. The number of hydrogen-bond donors (Lipinski definition) is 2. The summed E-state index contributed by atoms with van der Waals surface area (Å²) in [7, 11) is 1.54. The van der Waals surface area contributed by atoms with Crippen molar-refractivity contribution in [1.82, 2.24) is 4.98 Å². The van der Waals surface area contributed by atoms with Crippen LogP contribution in [0.5, 0.6) is 5.75 Å². The maximum atomic E-state index is 11.0. The molecule has 2 rings (SSSR count). The number of hydrogen-bond acceptors (Lipinski definition) is 6. The fraction of sp³-hybridized carbons (Fsp3) is 0.0833. The first-order valence-corrected chi connectivity index (χ1v) is 6.32. The summed E-state index contributed by atoms with van der Waals surface area (Å²) in [4.78, 5) is 14.4. The van der Waals surface area contributed by atoms with Gasteiger partial charge in [-0.2, -0.15) is 0 Å². The van der Waals surface area contributed by atoms with Crippen LogP contribution in [0.15, 0.2) is 34.8 Å². The van der Waals surface area contributed by atoms with Gasteiger partial charge in [-0.1, -0.05) is 0 Å². The number of nitrogens with two attached hydrogens (primary N) is 1. The van der Waals surface area contributed by atoms with E-state index in [0.717, 1.165) is 4.47 Å². The van der Waals surface area contributed by atoms with Crippen LogP contribution in [-0.4, -0.2) is 17.0 Å². The van der Waals surface area contributed by atoms with Crippen molar-refractivity contribution in [2.75, 3.05) is 18.2 Å². The van der Waals surface area contributed by atoms with Crippen molar-refractivity contribution in [2.45, 2.75) is 0 Å². The Morgan fingerprint density at radius 1 is 1.40 bits per heavy atom. The minimum Gasteiger partial charge on any atom is -0.497 e. The Bertz CT molecular complexity index is 663. The number of benzene rings is 1. The molecule has 20 heavy (non-hydrogen) atoms. The van der Waals surface area contributed by atoms with Gasteiger partial charge in [-0.05, 0) is 34.1 Å². The van der Waals surface area contributed by atoms with Crippen molar-refractivity contribution in [3.63, 3.8) is 0 Å². The summed E-state index contributed by atoms with van der Waals surface area (Å²) in [5.74, 6) is 0.878. The van der Waals surface area contributed by atoms with Crippen LogP contribution >= 0.6 is 15.9 Å². The van der Waals surface area contributed by atoms with E-state index in [1.807, 2.05) is 0 Å². The zero-order valence-electron chi connectivity index (χ0n) is 10.5. The predicted molar refractivity (Wildman–Crippen MR) is 79.3 cm³/mol. The molecule has 1 aromatic heterocycles. The second-order valence-corrected chi connectivity index (χ2v) is 4.69. The molecule has 0 amide bonds. The molecule has 3 N–H and O–H groups in total. The van der Waals surface area contributed by atoms with E-state index >= 15 is 0 Å². The van der Waals surface area contributed by atoms with Crippen LogP contribution in [0, 0.1) is 10.1 Å². The van der Waals surface area contributed by atoms with E-state index in [4.69, 9.17) is 10.5 Å². The molecule has 0 spiro atoms. The summed E-state index contributed by atoms with van der Waals surface area (Å²) in [6.07, 6.45) is 0. The number of ether oxygens (including phenoxy) is 1. The van der Waals surface area contributed by atoms with Crippen molar-refractivity contribution in [3.8, 4) is 5.75 Å². The molecular weight excluding hydrogens is 328 g/mol. The minimum atomic E-state index is -0.525. The van der Waals surface area contributed by atoms with Gasteiger partial charge in [0.1, 0.15) is 11.6 Å². The largest absolute Gasteiger partial charge is 0.497 e. The van der Waals surface area contributed by atoms with Crippen LogP contribution < -0.4 is 15.8 Å². The third-order valence-electron chi connectivity index (χ3n) is 2.52. The summed E-state index contributed by atoms with van der Waals surface area (Å²) in [6, 6.07) is 7.90. The van der Waals surface area contributed by atoms with Gasteiger partial charge in [0.05, 0.1) is 17.7 Å². The molecule has 0 saturated carbocycles. The highest BCUT2D eigenvalue weighted by Crippen LogP contribution is 2.32. The van der Waals surface area contributed by atoms with E-state index in [0.29, 0.717) is 11.4 Å². The molecule has 1 aromatic carbocycles. The fourth-order valence-electron chi connectivity index (χ4n) is 1.56. The molecule has 0 saturated heterocycles. The molecule has 8 heteroatoms. The molecule has 0 fully saturated rings. The molecule has 104 valence electrons. The molecule has 0 atom stereocenters. The maximum absolute atomic E-state index is 11.0. The van der Waals surface area contributed by atoms with Crippen LogP contribution in [0.1, 0.15) is 0 Å². The fourth-order valence-corrected chi connectivity index (χ4v) is 1.91. The second kappa shape index (κ2) is 5.74. The second-order valence-electron chi connectivity index (χ2n) is 3.83. The van der Waals surface area contributed by atoms with Gasteiger partial charge in [-0.25, -0.2) is 4.98 Å². The minimum absolute atomic E-state index is 0.0731. The molecule has 0 aliphatic carbocycles. The van der Waals surface area contributed by atoms with Crippen LogP contribution in [0.3, 0.4) is 0 Å². The molecule has 0 aliphatic heterocycles. The highest BCUT2D eigenvalue weighted by molar-refractivity contribution is 9.10. The van der Waals surface area contributed by atoms with Gasteiger partial charge >= 0.3 is 5.69 Å². The Morgan fingerprint density at radius 3 is 2.80 bits per heavy atom. The summed E-state index contributed by atoms with van der Waals surface area (Å²) in [5, 5.41) is 13.9. The van der Waals surface area contributed by atoms with Gasteiger partial charge < -0.3 is 15.8 Å². The zero-order chi connectivity index (χ0) is 14.7. The first-order chi connectivity index (χ1) is 9.51. The molecule has 7 nitrogen and oxygen atoms in total. The number of nitrogen functional groups attached to an aromatic ring is 1. The lowest BCUT2D eigenvalue weighted by molar-refractivity contribution is -0.384.